The molecule has 1 aliphatic rings. The number of carbonyl (C=O) groups excluding carboxylic acids is 1. The number of benzene rings is 1. The molecule has 138 valence electrons. The third kappa shape index (κ3) is 3.51. The molecular formula is C18H19FN2O5. The van der Waals surface area contributed by atoms with E-state index in [4.69, 9.17) is 9.47 Å². The molecule has 2 heterocycles. The van der Waals surface area contributed by atoms with Gasteiger partial charge in [0.25, 0.3) is 5.56 Å². The van der Waals surface area contributed by atoms with E-state index in [1.54, 1.807) is 6.92 Å². The Bertz CT molecular complexity index is 892. The summed E-state index contributed by atoms with van der Waals surface area (Å²) in [5.74, 6) is -0.692. The zero-order valence-electron chi connectivity index (χ0n) is 14.2. The van der Waals surface area contributed by atoms with E-state index in [1.807, 2.05) is 30.3 Å². The van der Waals surface area contributed by atoms with Crippen molar-refractivity contribution in [2.45, 2.75) is 45.2 Å². The van der Waals surface area contributed by atoms with Crippen molar-refractivity contribution in [1.29, 1.82) is 0 Å². The Labute approximate surface area is 148 Å². The first kappa shape index (κ1) is 18.2. The maximum atomic E-state index is 14.2. The first-order chi connectivity index (χ1) is 12.5. The second-order valence-corrected chi connectivity index (χ2v) is 5.96. The maximum absolute atomic E-state index is 14.2. The summed E-state index contributed by atoms with van der Waals surface area (Å²) >= 11 is 0. The van der Waals surface area contributed by atoms with Gasteiger partial charge in [-0.15, -0.1) is 0 Å². The maximum Gasteiger partial charge on any atom is 0.335 e. The van der Waals surface area contributed by atoms with Crippen molar-refractivity contribution in [3.05, 3.63) is 69.0 Å². The highest BCUT2D eigenvalue weighted by Gasteiger charge is 2.44. The molecule has 26 heavy (non-hydrogen) atoms. The molecule has 3 atom stereocenters. The van der Waals surface area contributed by atoms with Crippen LogP contribution in [0.2, 0.25) is 0 Å². The zero-order chi connectivity index (χ0) is 18.7. The van der Waals surface area contributed by atoms with Gasteiger partial charge in [0.2, 0.25) is 6.17 Å². The molecule has 0 spiro atoms. The quantitative estimate of drug-likeness (QED) is 0.776. The van der Waals surface area contributed by atoms with Crippen LogP contribution in [0.1, 0.15) is 25.1 Å². The van der Waals surface area contributed by atoms with Crippen LogP contribution in [0.3, 0.4) is 0 Å². The monoisotopic (exact) mass is 362 g/mol. The fourth-order valence-electron chi connectivity index (χ4n) is 2.80. The van der Waals surface area contributed by atoms with Crippen molar-refractivity contribution in [3.8, 4) is 0 Å². The summed E-state index contributed by atoms with van der Waals surface area (Å²) in [5, 5.41) is 0. The van der Waals surface area contributed by atoms with Gasteiger partial charge in [0.15, 0.2) is 12.0 Å². The van der Waals surface area contributed by atoms with Crippen molar-refractivity contribution < 1.29 is 18.7 Å². The number of ether oxygens (including phenoxy) is 2. The predicted molar refractivity (Wildman–Crippen MR) is 90.3 cm³/mol. The number of ketones is 1. The Morgan fingerprint density at radius 1 is 1.15 bits per heavy atom. The lowest BCUT2D eigenvalue weighted by Gasteiger charge is -2.17. The van der Waals surface area contributed by atoms with Crippen LogP contribution in [-0.2, 0) is 27.6 Å². The molecule has 1 aromatic carbocycles. The van der Waals surface area contributed by atoms with Crippen LogP contribution < -0.4 is 11.2 Å². The van der Waals surface area contributed by atoms with E-state index in [2.05, 4.69) is 0 Å². The van der Waals surface area contributed by atoms with Crippen molar-refractivity contribution in [2.24, 2.45) is 0 Å². The molecule has 0 unspecified atom stereocenters. The molecule has 8 heteroatoms. The summed E-state index contributed by atoms with van der Waals surface area (Å²) in [6, 6.07) is 10.4. The molecular weight excluding hydrogens is 343 g/mol. The van der Waals surface area contributed by atoms with Crippen molar-refractivity contribution >= 4 is 5.78 Å². The molecule has 7 nitrogen and oxygen atoms in total. The second-order valence-electron chi connectivity index (χ2n) is 5.96. The Kier molecular flexibility index (Phi) is 5.43. The number of carbonyl (C=O) groups is 1. The van der Waals surface area contributed by atoms with Crippen molar-refractivity contribution in [1.82, 2.24) is 9.13 Å². The van der Waals surface area contributed by atoms with Gasteiger partial charge >= 0.3 is 5.69 Å². The van der Waals surface area contributed by atoms with Crippen LogP contribution in [0.5, 0.6) is 0 Å². The number of rotatable bonds is 6. The molecule has 3 rings (SSSR count). The fourth-order valence-corrected chi connectivity index (χ4v) is 2.80. The highest BCUT2D eigenvalue weighted by molar-refractivity contribution is 5.89. The minimum absolute atomic E-state index is 0.212. The highest BCUT2D eigenvalue weighted by Crippen LogP contribution is 2.28. The van der Waals surface area contributed by atoms with E-state index in [-0.39, 0.29) is 13.3 Å². The molecule has 0 radical (unpaired) electrons. The van der Waals surface area contributed by atoms with Gasteiger partial charge in [0, 0.05) is 12.3 Å². The van der Waals surface area contributed by atoms with Gasteiger partial charge in [-0.3, -0.25) is 14.2 Å². The molecule has 0 saturated carbocycles. The van der Waals surface area contributed by atoms with Crippen molar-refractivity contribution in [3.63, 3.8) is 0 Å². The van der Waals surface area contributed by atoms with Gasteiger partial charge in [0.1, 0.15) is 12.8 Å². The number of alkyl halides is 1. The van der Waals surface area contributed by atoms with Gasteiger partial charge in [-0.05, 0) is 12.0 Å². The number of aromatic nitrogens is 2. The summed E-state index contributed by atoms with van der Waals surface area (Å²) in [5.41, 5.74) is -0.481. The SMILES string of the molecule is CC[C@H]1O[C@@H](n2ccc(=O)n(COCc3ccccc3)c2=O)[C@@H](F)C1=O. The topological polar surface area (TPSA) is 79.5 Å². The molecule has 1 saturated heterocycles. The number of Topliss-reactive ketones (excluding diaryl/α,β-unsaturated/α-hetero) is 1. The van der Waals surface area contributed by atoms with E-state index in [1.165, 1.54) is 0 Å². The lowest BCUT2D eigenvalue weighted by atomic mass is 10.1. The molecule has 1 fully saturated rings. The number of halogens is 1. The standard InChI is InChI=1S/C18H19FN2O5/c1-2-13-16(23)15(19)17(26-13)20-9-8-14(22)21(18(20)24)11-25-10-12-6-4-3-5-7-12/h3-9,13,15,17H,2,10-11H2,1H3/t13-,15+,17-/m1/s1. The van der Waals surface area contributed by atoms with E-state index in [0.29, 0.717) is 6.42 Å². The summed E-state index contributed by atoms with van der Waals surface area (Å²) in [6.07, 6.45) is -2.77. The van der Waals surface area contributed by atoms with Gasteiger partial charge in [-0.1, -0.05) is 37.3 Å². The minimum atomic E-state index is -1.95. The molecule has 1 aromatic heterocycles. The second kappa shape index (κ2) is 7.76. The van der Waals surface area contributed by atoms with Crippen LogP contribution in [0, 0.1) is 0 Å². The third-order valence-corrected chi connectivity index (χ3v) is 4.22. The Morgan fingerprint density at radius 3 is 2.54 bits per heavy atom. The van der Waals surface area contributed by atoms with Gasteiger partial charge in [-0.2, -0.15) is 0 Å². The largest absolute Gasteiger partial charge is 0.356 e. The molecule has 0 bridgehead atoms. The lowest BCUT2D eigenvalue weighted by molar-refractivity contribution is -0.125. The average Bonchev–Trinajstić information content (AvgIpc) is 2.93. The van der Waals surface area contributed by atoms with Gasteiger partial charge in [-0.25, -0.2) is 13.8 Å². The van der Waals surface area contributed by atoms with E-state index in [0.717, 1.165) is 27.0 Å². The normalized spacial score (nSPS) is 22.7. The Morgan fingerprint density at radius 2 is 1.88 bits per heavy atom. The summed E-state index contributed by atoms with van der Waals surface area (Å²) in [6.45, 7) is 1.62. The van der Waals surface area contributed by atoms with Crippen LogP contribution in [0.15, 0.2) is 52.2 Å². The van der Waals surface area contributed by atoms with E-state index < -0.39 is 35.5 Å². The highest BCUT2D eigenvalue weighted by atomic mass is 19.1. The third-order valence-electron chi connectivity index (χ3n) is 4.22. The average molecular weight is 362 g/mol. The predicted octanol–water partition coefficient (Wildman–Crippen LogP) is 1.40. The molecule has 0 amide bonds. The first-order valence-electron chi connectivity index (χ1n) is 8.30. The number of hydrogen-bond donors (Lipinski definition) is 0. The van der Waals surface area contributed by atoms with Crippen LogP contribution in [0.25, 0.3) is 0 Å². The fraction of sp³-hybridized carbons (Fsp3) is 0.389. The van der Waals surface area contributed by atoms with Crippen LogP contribution in [0.4, 0.5) is 4.39 Å². The summed E-state index contributed by atoms with van der Waals surface area (Å²) < 4.78 is 26.8. The van der Waals surface area contributed by atoms with Gasteiger partial charge < -0.3 is 9.47 Å². The molecule has 0 aliphatic carbocycles. The van der Waals surface area contributed by atoms with Crippen LogP contribution >= 0.6 is 0 Å². The molecule has 2 aromatic rings. The lowest BCUT2D eigenvalue weighted by Crippen LogP contribution is -2.42. The first-order valence-corrected chi connectivity index (χ1v) is 8.30. The Balaban J connectivity index is 1.80. The number of nitrogens with zero attached hydrogens (tertiary/aromatic N) is 2. The Hall–Kier alpha value is -2.58. The van der Waals surface area contributed by atoms with E-state index >= 15 is 0 Å². The zero-order valence-corrected chi connectivity index (χ0v) is 14.2. The molecule has 0 N–H and O–H groups in total. The molecule has 1 aliphatic heterocycles. The smallest absolute Gasteiger partial charge is 0.335 e. The summed E-state index contributed by atoms with van der Waals surface area (Å²) in [4.78, 5) is 36.3. The van der Waals surface area contributed by atoms with E-state index in [9.17, 15) is 18.8 Å². The minimum Gasteiger partial charge on any atom is -0.356 e. The summed E-state index contributed by atoms with van der Waals surface area (Å²) in [7, 11) is 0. The van der Waals surface area contributed by atoms with Crippen molar-refractivity contribution in [2.75, 3.05) is 0 Å². The number of hydrogen-bond acceptors (Lipinski definition) is 5. The van der Waals surface area contributed by atoms with Gasteiger partial charge in [0.05, 0.1) is 6.61 Å². The van der Waals surface area contributed by atoms with Crippen LogP contribution in [-0.4, -0.2) is 27.2 Å².